The predicted octanol–water partition coefficient (Wildman–Crippen LogP) is 1.39. The highest BCUT2D eigenvalue weighted by atomic mass is 15.0. The van der Waals surface area contributed by atoms with Crippen LogP contribution in [0.5, 0.6) is 0 Å². The van der Waals surface area contributed by atoms with Crippen molar-refractivity contribution in [2.24, 2.45) is 11.1 Å². The third kappa shape index (κ3) is 3.70. The van der Waals surface area contributed by atoms with Crippen molar-refractivity contribution >= 4 is 5.82 Å². The van der Waals surface area contributed by atoms with E-state index in [-0.39, 0.29) is 5.41 Å². The van der Waals surface area contributed by atoms with Crippen LogP contribution in [0.2, 0.25) is 0 Å². The molecule has 1 heterocycles. The fraction of sp³-hybridized carbons (Fsp3) is 0.600. The molecule has 1 aromatic rings. The third-order valence-corrected chi connectivity index (χ3v) is 1.69. The van der Waals surface area contributed by atoms with E-state index in [4.69, 9.17) is 5.73 Å². The van der Waals surface area contributed by atoms with Gasteiger partial charge in [0.05, 0.1) is 6.54 Å². The molecule has 4 heteroatoms. The van der Waals surface area contributed by atoms with Crippen LogP contribution >= 0.6 is 0 Å². The van der Waals surface area contributed by atoms with Gasteiger partial charge in [0.1, 0.15) is 11.6 Å². The zero-order chi connectivity index (χ0) is 10.6. The van der Waals surface area contributed by atoms with Gasteiger partial charge in [-0.3, -0.25) is 0 Å². The number of nitrogens with zero attached hydrogens (tertiary/aromatic N) is 2. The number of nitrogens with one attached hydrogen (secondary N) is 1. The van der Waals surface area contributed by atoms with Crippen LogP contribution in [0.15, 0.2) is 12.3 Å². The lowest BCUT2D eigenvalue weighted by atomic mass is 9.97. The number of aromatic nitrogens is 2. The summed E-state index contributed by atoms with van der Waals surface area (Å²) < 4.78 is 0. The Balaban J connectivity index is 2.59. The number of anilines is 1. The lowest BCUT2D eigenvalue weighted by Gasteiger charge is -2.19. The van der Waals surface area contributed by atoms with E-state index in [0.29, 0.717) is 12.4 Å². The van der Waals surface area contributed by atoms with E-state index < -0.39 is 0 Å². The molecule has 0 saturated carbocycles. The van der Waals surface area contributed by atoms with Gasteiger partial charge in [0, 0.05) is 12.7 Å². The molecule has 0 bridgehead atoms. The maximum atomic E-state index is 5.45. The summed E-state index contributed by atoms with van der Waals surface area (Å²) in [5, 5.41) is 3.25. The normalized spacial score (nSPS) is 11.4. The molecule has 0 aromatic carbocycles. The average molecular weight is 194 g/mol. The van der Waals surface area contributed by atoms with Crippen molar-refractivity contribution in [3.63, 3.8) is 0 Å². The molecular formula is C10H18N4. The molecule has 0 spiro atoms. The zero-order valence-corrected chi connectivity index (χ0v) is 9.04. The van der Waals surface area contributed by atoms with E-state index in [1.807, 2.05) is 6.07 Å². The number of nitrogens with two attached hydrogens (primary N) is 1. The summed E-state index contributed by atoms with van der Waals surface area (Å²) in [6, 6.07) is 1.85. The Bertz CT molecular complexity index is 290. The summed E-state index contributed by atoms with van der Waals surface area (Å²) in [5.74, 6) is 1.51. The van der Waals surface area contributed by atoms with Gasteiger partial charge >= 0.3 is 0 Å². The summed E-state index contributed by atoms with van der Waals surface area (Å²) >= 11 is 0. The lowest BCUT2D eigenvalue weighted by Crippen LogP contribution is -2.20. The van der Waals surface area contributed by atoms with Gasteiger partial charge in [0.2, 0.25) is 0 Å². The molecule has 0 radical (unpaired) electrons. The largest absolute Gasteiger partial charge is 0.369 e. The van der Waals surface area contributed by atoms with Gasteiger partial charge in [-0.25, -0.2) is 9.97 Å². The van der Waals surface area contributed by atoms with Crippen LogP contribution in [0.25, 0.3) is 0 Å². The van der Waals surface area contributed by atoms with Gasteiger partial charge in [0.25, 0.3) is 0 Å². The smallest absolute Gasteiger partial charge is 0.144 e. The summed E-state index contributed by atoms with van der Waals surface area (Å²) in [4.78, 5) is 8.27. The molecule has 0 aliphatic rings. The lowest BCUT2D eigenvalue weighted by molar-refractivity contribution is 0.442. The minimum atomic E-state index is 0.244. The van der Waals surface area contributed by atoms with Crippen LogP contribution < -0.4 is 11.1 Å². The topological polar surface area (TPSA) is 63.8 Å². The SMILES string of the molecule is CC(C)(C)CNc1ccnc(CN)n1. The Labute approximate surface area is 85.0 Å². The second-order valence-electron chi connectivity index (χ2n) is 4.48. The van der Waals surface area contributed by atoms with Crippen molar-refractivity contribution in [1.29, 1.82) is 0 Å². The molecule has 0 unspecified atom stereocenters. The van der Waals surface area contributed by atoms with Gasteiger partial charge in [-0.2, -0.15) is 0 Å². The van der Waals surface area contributed by atoms with Crippen molar-refractivity contribution in [3.05, 3.63) is 18.1 Å². The van der Waals surface area contributed by atoms with Crippen molar-refractivity contribution in [1.82, 2.24) is 9.97 Å². The minimum absolute atomic E-state index is 0.244. The second-order valence-corrected chi connectivity index (χ2v) is 4.48. The molecule has 3 N–H and O–H groups in total. The maximum absolute atomic E-state index is 5.45. The van der Waals surface area contributed by atoms with Crippen molar-refractivity contribution in [2.75, 3.05) is 11.9 Å². The first kappa shape index (κ1) is 10.9. The summed E-state index contributed by atoms with van der Waals surface area (Å²) in [7, 11) is 0. The molecule has 14 heavy (non-hydrogen) atoms. The van der Waals surface area contributed by atoms with Crippen LogP contribution in [0.1, 0.15) is 26.6 Å². The molecule has 1 aromatic heterocycles. The molecule has 0 amide bonds. The van der Waals surface area contributed by atoms with Crippen molar-refractivity contribution in [3.8, 4) is 0 Å². The monoisotopic (exact) mass is 194 g/mol. The fourth-order valence-corrected chi connectivity index (χ4v) is 0.952. The Kier molecular flexibility index (Phi) is 3.41. The summed E-state index contributed by atoms with van der Waals surface area (Å²) in [6.45, 7) is 7.78. The van der Waals surface area contributed by atoms with Crippen LogP contribution in [0.3, 0.4) is 0 Å². The molecule has 0 fully saturated rings. The number of hydrogen-bond acceptors (Lipinski definition) is 4. The molecule has 1 rings (SSSR count). The van der Waals surface area contributed by atoms with Crippen LogP contribution in [-0.4, -0.2) is 16.5 Å². The summed E-state index contributed by atoms with van der Waals surface area (Å²) in [5.41, 5.74) is 5.69. The molecule has 78 valence electrons. The highest BCUT2D eigenvalue weighted by Gasteiger charge is 2.09. The van der Waals surface area contributed by atoms with E-state index in [1.54, 1.807) is 6.20 Å². The first-order chi connectivity index (χ1) is 6.51. The van der Waals surface area contributed by atoms with E-state index in [0.717, 1.165) is 12.4 Å². The molecule has 4 nitrogen and oxygen atoms in total. The van der Waals surface area contributed by atoms with Crippen molar-refractivity contribution < 1.29 is 0 Å². The Morgan fingerprint density at radius 2 is 2.14 bits per heavy atom. The van der Waals surface area contributed by atoms with E-state index in [2.05, 4.69) is 36.1 Å². The molecule has 0 saturated heterocycles. The van der Waals surface area contributed by atoms with Crippen molar-refractivity contribution in [2.45, 2.75) is 27.3 Å². The average Bonchev–Trinajstić information content (AvgIpc) is 2.14. The molecule has 0 aliphatic carbocycles. The second kappa shape index (κ2) is 4.37. The van der Waals surface area contributed by atoms with Gasteiger partial charge in [0.15, 0.2) is 0 Å². The first-order valence-electron chi connectivity index (χ1n) is 4.77. The third-order valence-electron chi connectivity index (χ3n) is 1.69. The number of rotatable bonds is 3. The standard InChI is InChI=1S/C10H18N4/c1-10(2,3)7-13-8-4-5-12-9(6-11)14-8/h4-5H,6-7,11H2,1-3H3,(H,12,13,14). The zero-order valence-electron chi connectivity index (χ0n) is 9.04. The quantitative estimate of drug-likeness (QED) is 0.763. The Morgan fingerprint density at radius 1 is 1.43 bits per heavy atom. The Hall–Kier alpha value is -1.16. The molecule has 0 aliphatic heterocycles. The first-order valence-corrected chi connectivity index (χ1v) is 4.77. The van der Waals surface area contributed by atoms with Crippen LogP contribution in [0.4, 0.5) is 5.82 Å². The van der Waals surface area contributed by atoms with E-state index in [1.165, 1.54) is 0 Å². The highest BCUT2D eigenvalue weighted by molar-refractivity contribution is 5.33. The number of hydrogen-bond donors (Lipinski definition) is 2. The Morgan fingerprint density at radius 3 is 2.71 bits per heavy atom. The van der Waals surface area contributed by atoms with E-state index >= 15 is 0 Å². The van der Waals surface area contributed by atoms with Crippen LogP contribution in [0, 0.1) is 5.41 Å². The van der Waals surface area contributed by atoms with Crippen LogP contribution in [-0.2, 0) is 6.54 Å². The summed E-state index contributed by atoms with van der Waals surface area (Å²) in [6.07, 6.45) is 1.72. The maximum Gasteiger partial charge on any atom is 0.144 e. The predicted molar refractivity (Wildman–Crippen MR) is 57.9 cm³/mol. The molecular weight excluding hydrogens is 176 g/mol. The fourth-order valence-electron chi connectivity index (χ4n) is 0.952. The van der Waals surface area contributed by atoms with E-state index in [9.17, 15) is 0 Å². The minimum Gasteiger partial charge on any atom is -0.369 e. The van der Waals surface area contributed by atoms with Gasteiger partial charge < -0.3 is 11.1 Å². The highest BCUT2D eigenvalue weighted by Crippen LogP contribution is 2.13. The molecule has 0 atom stereocenters. The van der Waals surface area contributed by atoms with Gasteiger partial charge in [-0.1, -0.05) is 20.8 Å². The van der Waals surface area contributed by atoms with Gasteiger partial charge in [-0.05, 0) is 11.5 Å². The van der Waals surface area contributed by atoms with Gasteiger partial charge in [-0.15, -0.1) is 0 Å².